The Hall–Kier alpha value is -0.900. The van der Waals surface area contributed by atoms with Crippen LogP contribution >= 0.6 is 0 Å². The molecule has 3 nitrogen and oxygen atoms in total. The average Bonchev–Trinajstić information content (AvgIpc) is 2.38. The summed E-state index contributed by atoms with van der Waals surface area (Å²) in [5.41, 5.74) is 4.32. The van der Waals surface area contributed by atoms with Crippen molar-refractivity contribution in [1.82, 2.24) is 5.32 Å². The third-order valence-corrected chi connectivity index (χ3v) is 4.34. The summed E-state index contributed by atoms with van der Waals surface area (Å²) >= 11 is 0. The lowest BCUT2D eigenvalue weighted by atomic mass is 9.72. The second-order valence-corrected chi connectivity index (χ2v) is 5.99. The maximum Gasteiger partial charge on any atom is 0.0710 e. The number of benzene rings is 1. The van der Waals surface area contributed by atoms with Gasteiger partial charge in [0.1, 0.15) is 0 Å². The number of morpholine rings is 1. The summed E-state index contributed by atoms with van der Waals surface area (Å²) in [5.74, 6) is 0. The molecule has 2 heterocycles. The molecule has 19 heavy (non-hydrogen) atoms. The summed E-state index contributed by atoms with van der Waals surface area (Å²) < 4.78 is 11.4. The van der Waals surface area contributed by atoms with Crippen LogP contribution in [0.1, 0.15) is 23.1 Å². The van der Waals surface area contributed by atoms with E-state index in [1.807, 2.05) is 0 Å². The molecule has 1 aromatic carbocycles. The summed E-state index contributed by atoms with van der Waals surface area (Å²) in [6, 6.07) is 6.74. The van der Waals surface area contributed by atoms with Crippen LogP contribution < -0.4 is 5.32 Å². The fourth-order valence-electron chi connectivity index (χ4n) is 3.23. The quantitative estimate of drug-likeness (QED) is 0.902. The molecule has 3 heteroatoms. The predicted octanol–water partition coefficient (Wildman–Crippen LogP) is 1.95. The van der Waals surface area contributed by atoms with Crippen molar-refractivity contribution in [2.75, 3.05) is 32.9 Å². The molecule has 0 radical (unpaired) electrons. The molecule has 2 saturated heterocycles. The summed E-state index contributed by atoms with van der Waals surface area (Å²) in [6.07, 6.45) is 1.38. The molecule has 104 valence electrons. The number of hydrogen-bond donors (Lipinski definition) is 1. The highest BCUT2D eigenvalue weighted by atomic mass is 16.5. The van der Waals surface area contributed by atoms with Crippen LogP contribution in [0.15, 0.2) is 18.2 Å². The zero-order valence-electron chi connectivity index (χ0n) is 11.9. The van der Waals surface area contributed by atoms with Gasteiger partial charge in [-0.1, -0.05) is 23.8 Å². The van der Waals surface area contributed by atoms with Crippen molar-refractivity contribution in [2.45, 2.75) is 31.8 Å². The molecule has 1 N–H and O–H groups in total. The third kappa shape index (κ3) is 2.55. The van der Waals surface area contributed by atoms with Crippen LogP contribution in [-0.4, -0.2) is 39.0 Å². The molecule has 2 fully saturated rings. The van der Waals surface area contributed by atoms with E-state index in [-0.39, 0.29) is 5.41 Å². The van der Waals surface area contributed by atoms with Crippen molar-refractivity contribution in [3.8, 4) is 0 Å². The van der Waals surface area contributed by atoms with Gasteiger partial charge in [-0.15, -0.1) is 0 Å². The first kappa shape index (κ1) is 13.1. The maximum absolute atomic E-state index is 5.88. The second-order valence-electron chi connectivity index (χ2n) is 5.99. The second kappa shape index (κ2) is 5.23. The number of aryl methyl sites for hydroxylation is 2. The highest BCUT2D eigenvalue weighted by molar-refractivity contribution is 5.38. The standard InChI is InChI=1S/C16H23NO2/c1-12-3-4-13(2)15(7-12)16(10-18-11-16)8-14-9-17-5-6-19-14/h3-4,7,14,17H,5-6,8-11H2,1-2H3. The maximum atomic E-state index is 5.88. The number of hydrogen-bond acceptors (Lipinski definition) is 3. The number of rotatable bonds is 3. The molecule has 2 aliphatic rings. The SMILES string of the molecule is Cc1ccc(C)c(C2(CC3CNCCO3)COC2)c1. The van der Waals surface area contributed by atoms with Gasteiger partial charge in [0, 0.05) is 18.5 Å². The molecule has 0 amide bonds. The Bertz CT molecular complexity index is 448. The lowest BCUT2D eigenvalue weighted by Crippen LogP contribution is -2.52. The molecule has 1 unspecified atom stereocenters. The normalized spacial score (nSPS) is 25.9. The van der Waals surface area contributed by atoms with E-state index in [9.17, 15) is 0 Å². The molecule has 0 aliphatic carbocycles. The van der Waals surface area contributed by atoms with Crippen molar-refractivity contribution in [3.63, 3.8) is 0 Å². The number of ether oxygens (including phenoxy) is 2. The summed E-state index contributed by atoms with van der Waals surface area (Å²) in [5, 5.41) is 3.42. The minimum atomic E-state index is 0.166. The van der Waals surface area contributed by atoms with Crippen LogP contribution in [0.25, 0.3) is 0 Å². The molecule has 0 aromatic heterocycles. The van der Waals surface area contributed by atoms with Gasteiger partial charge >= 0.3 is 0 Å². The van der Waals surface area contributed by atoms with Gasteiger partial charge < -0.3 is 14.8 Å². The topological polar surface area (TPSA) is 30.5 Å². The lowest BCUT2D eigenvalue weighted by molar-refractivity contribution is -0.0944. The van der Waals surface area contributed by atoms with Gasteiger partial charge in [-0.25, -0.2) is 0 Å². The van der Waals surface area contributed by atoms with E-state index in [1.54, 1.807) is 0 Å². The Labute approximate surface area is 115 Å². The van der Waals surface area contributed by atoms with E-state index >= 15 is 0 Å². The Balaban J connectivity index is 1.83. The minimum Gasteiger partial charge on any atom is -0.379 e. The number of nitrogens with one attached hydrogen (secondary N) is 1. The molecule has 0 saturated carbocycles. The Morgan fingerprint density at radius 2 is 2.16 bits per heavy atom. The Morgan fingerprint density at radius 3 is 2.79 bits per heavy atom. The first-order valence-corrected chi connectivity index (χ1v) is 7.17. The predicted molar refractivity (Wildman–Crippen MR) is 75.6 cm³/mol. The zero-order valence-corrected chi connectivity index (χ0v) is 11.9. The summed E-state index contributed by atoms with van der Waals surface area (Å²) in [7, 11) is 0. The summed E-state index contributed by atoms with van der Waals surface area (Å²) in [4.78, 5) is 0. The first-order chi connectivity index (χ1) is 9.20. The molecule has 2 aliphatic heterocycles. The van der Waals surface area contributed by atoms with Crippen molar-refractivity contribution in [3.05, 3.63) is 34.9 Å². The molecular formula is C16H23NO2. The van der Waals surface area contributed by atoms with E-state index in [4.69, 9.17) is 9.47 Å². The monoisotopic (exact) mass is 261 g/mol. The average molecular weight is 261 g/mol. The fraction of sp³-hybridized carbons (Fsp3) is 0.625. The molecule has 0 spiro atoms. The van der Waals surface area contributed by atoms with Crippen LogP contribution in [0.5, 0.6) is 0 Å². The Kier molecular flexibility index (Phi) is 3.61. The highest BCUT2D eigenvalue weighted by Gasteiger charge is 2.43. The smallest absolute Gasteiger partial charge is 0.0710 e. The fourth-order valence-corrected chi connectivity index (χ4v) is 3.23. The molecule has 1 atom stereocenters. The van der Waals surface area contributed by atoms with Gasteiger partial charge in [0.25, 0.3) is 0 Å². The van der Waals surface area contributed by atoms with E-state index < -0.39 is 0 Å². The van der Waals surface area contributed by atoms with Crippen LogP contribution in [0, 0.1) is 13.8 Å². The van der Waals surface area contributed by atoms with Crippen molar-refractivity contribution >= 4 is 0 Å². The van der Waals surface area contributed by atoms with Crippen molar-refractivity contribution < 1.29 is 9.47 Å². The van der Waals surface area contributed by atoms with Crippen LogP contribution in [-0.2, 0) is 14.9 Å². The van der Waals surface area contributed by atoms with Gasteiger partial charge in [0.2, 0.25) is 0 Å². The highest BCUT2D eigenvalue weighted by Crippen LogP contribution is 2.39. The molecule has 3 rings (SSSR count). The van der Waals surface area contributed by atoms with E-state index in [2.05, 4.69) is 37.4 Å². The van der Waals surface area contributed by atoms with E-state index in [0.717, 1.165) is 39.3 Å². The van der Waals surface area contributed by atoms with Crippen LogP contribution in [0.4, 0.5) is 0 Å². The van der Waals surface area contributed by atoms with Gasteiger partial charge in [-0.05, 0) is 31.4 Å². The van der Waals surface area contributed by atoms with Crippen LogP contribution in [0.3, 0.4) is 0 Å². The van der Waals surface area contributed by atoms with Gasteiger partial charge in [0.15, 0.2) is 0 Å². The zero-order chi connectivity index (χ0) is 13.3. The largest absolute Gasteiger partial charge is 0.379 e. The lowest BCUT2D eigenvalue weighted by Gasteiger charge is -2.45. The van der Waals surface area contributed by atoms with Gasteiger partial charge in [-0.2, -0.15) is 0 Å². The molecule has 1 aromatic rings. The van der Waals surface area contributed by atoms with Crippen LogP contribution in [0.2, 0.25) is 0 Å². The molecule has 0 bridgehead atoms. The van der Waals surface area contributed by atoms with E-state index in [1.165, 1.54) is 16.7 Å². The Morgan fingerprint density at radius 1 is 1.32 bits per heavy atom. The van der Waals surface area contributed by atoms with E-state index in [0.29, 0.717) is 6.10 Å². The van der Waals surface area contributed by atoms with Gasteiger partial charge in [0.05, 0.1) is 25.9 Å². The van der Waals surface area contributed by atoms with Crippen molar-refractivity contribution in [2.24, 2.45) is 0 Å². The minimum absolute atomic E-state index is 0.166. The van der Waals surface area contributed by atoms with Gasteiger partial charge in [-0.3, -0.25) is 0 Å². The molecular weight excluding hydrogens is 238 g/mol. The third-order valence-electron chi connectivity index (χ3n) is 4.34. The van der Waals surface area contributed by atoms with Crippen molar-refractivity contribution in [1.29, 1.82) is 0 Å². The first-order valence-electron chi connectivity index (χ1n) is 7.17. The summed E-state index contributed by atoms with van der Waals surface area (Å²) in [6.45, 7) is 8.79.